The molecule has 2 rings (SSSR count). The van der Waals surface area contributed by atoms with Gasteiger partial charge in [-0.2, -0.15) is 0 Å². The third-order valence-electron chi connectivity index (χ3n) is 3.49. The van der Waals surface area contributed by atoms with Gasteiger partial charge in [0.25, 0.3) is 0 Å². The van der Waals surface area contributed by atoms with E-state index in [1.807, 2.05) is 6.08 Å². The van der Waals surface area contributed by atoms with Gasteiger partial charge >= 0.3 is 5.97 Å². The van der Waals surface area contributed by atoms with Crippen molar-refractivity contribution in [1.82, 2.24) is 0 Å². The molecule has 0 heterocycles. The highest BCUT2D eigenvalue weighted by molar-refractivity contribution is 5.81. The summed E-state index contributed by atoms with van der Waals surface area (Å²) in [5, 5.41) is 8.70. The summed E-state index contributed by atoms with van der Waals surface area (Å²) >= 11 is 0. The van der Waals surface area contributed by atoms with Crippen molar-refractivity contribution in [3.63, 3.8) is 0 Å². The Morgan fingerprint density at radius 2 is 2.06 bits per heavy atom. The number of rotatable bonds is 10. The zero-order valence-corrected chi connectivity index (χ0v) is 10.4. The van der Waals surface area contributed by atoms with E-state index in [0.717, 1.165) is 44.0 Å². The summed E-state index contributed by atoms with van der Waals surface area (Å²) in [6.07, 6.45) is 10.2. The van der Waals surface area contributed by atoms with Gasteiger partial charge in [-0.25, -0.2) is 0 Å². The van der Waals surface area contributed by atoms with Crippen LogP contribution in [0.3, 0.4) is 0 Å². The number of aliphatic carboxylic acids is 1. The minimum absolute atomic E-state index is 0.225. The van der Waals surface area contributed by atoms with E-state index in [4.69, 9.17) is 9.84 Å². The predicted octanol–water partition coefficient (Wildman–Crippen LogP) is 3.00. The van der Waals surface area contributed by atoms with Gasteiger partial charge in [-0.1, -0.05) is 24.5 Å². The van der Waals surface area contributed by atoms with Gasteiger partial charge in [-0.05, 0) is 38.0 Å². The fourth-order valence-corrected chi connectivity index (χ4v) is 2.06. The summed E-state index contributed by atoms with van der Waals surface area (Å²) < 4.78 is 5.56. The quantitative estimate of drug-likeness (QED) is 0.470. The second-order valence-electron chi connectivity index (χ2n) is 5.24. The first-order chi connectivity index (χ1) is 8.27. The van der Waals surface area contributed by atoms with Gasteiger partial charge in [0, 0.05) is 13.2 Å². The fraction of sp³-hybridized carbons (Fsp3) is 0.786. The van der Waals surface area contributed by atoms with Crippen molar-refractivity contribution in [3.8, 4) is 0 Å². The summed E-state index contributed by atoms with van der Waals surface area (Å²) in [5.41, 5.74) is 1.13. The third-order valence-corrected chi connectivity index (χ3v) is 3.49. The highest BCUT2D eigenvalue weighted by Gasteiger charge is 2.30. The fourth-order valence-electron chi connectivity index (χ4n) is 2.06. The summed E-state index contributed by atoms with van der Waals surface area (Å²) in [5.74, 6) is -0.0462. The SMILES string of the molecule is O=C(O)[C@@H]1C=C1CCCCCCOCC1CC1. The minimum Gasteiger partial charge on any atom is -0.481 e. The van der Waals surface area contributed by atoms with Crippen LogP contribution in [0.2, 0.25) is 0 Å². The largest absolute Gasteiger partial charge is 0.481 e. The smallest absolute Gasteiger partial charge is 0.314 e. The van der Waals surface area contributed by atoms with Crippen LogP contribution in [-0.4, -0.2) is 24.3 Å². The molecule has 3 heteroatoms. The highest BCUT2D eigenvalue weighted by Crippen LogP contribution is 2.33. The molecule has 1 N–H and O–H groups in total. The zero-order chi connectivity index (χ0) is 12.1. The van der Waals surface area contributed by atoms with Crippen LogP contribution in [-0.2, 0) is 9.53 Å². The van der Waals surface area contributed by atoms with E-state index in [1.54, 1.807) is 0 Å². The summed E-state index contributed by atoms with van der Waals surface area (Å²) in [6, 6.07) is 0. The number of ether oxygens (including phenoxy) is 1. The Balaban J connectivity index is 1.32. The number of carbonyl (C=O) groups is 1. The van der Waals surface area contributed by atoms with Crippen molar-refractivity contribution in [1.29, 1.82) is 0 Å². The molecule has 2 aliphatic carbocycles. The topological polar surface area (TPSA) is 46.5 Å². The van der Waals surface area contributed by atoms with Crippen LogP contribution in [0.4, 0.5) is 0 Å². The molecule has 0 aliphatic heterocycles. The Morgan fingerprint density at radius 3 is 2.71 bits per heavy atom. The van der Waals surface area contributed by atoms with Gasteiger partial charge in [-0.15, -0.1) is 0 Å². The summed E-state index contributed by atoms with van der Waals surface area (Å²) in [6.45, 7) is 1.87. The summed E-state index contributed by atoms with van der Waals surface area (Å²) in [4.78, 5) is 10.6. The molecule has 1 saturated carbocycles. The van der Waals surface area contributed by atoms with Crippen molar-refractivity contribution in [2.45, 2.75) is 44.9 Å². The van der Waals surface area contributed by atoms with Crippen LogP contribution >= 0.6 is 0 Å². The molecular formula is C14H22O3. The molecule has 0 saturated heterocycles. The van der Waals surface area contributed by atoms with Crippen molar-refractivity contribution in [2.75, 3.05) is 13.2 Å². The molecule has 1 fully saturated rings. The molecule has 1 atom stereocenters. The zero-order valence-electron chi connectivity index (χ0n) is 10.4. The molecule has 0 unspecified atom stereocenters. The third kappa shape index (κ3) is 4.90. The van der Waals surface area contributed by atoms with E-state index in [-0.39, 0.29) is 5.92 Å². The molecule has 0 radical (unpaired) electrons. The van der Waals surface area contributed by atoms with E-state index < -0.39 is 5.97 Å². The molecule has 0 aromatic carbocycles. The van der Waals surface area contributed by atoms with Crippen LogP contribution in [0.15, 0.2) is 11.6 Å². The van der Waals surface area contributed by atoms with Crippen LogP contribution in [0, 0.1) is 11.8 Å². The van der Waals surface area contributed by atoms with Crippen molar-refractivity contribution in [2.24, 2.45) is 11.8 Å². The Hall–Kier alpha value is -0.830. The Kier molecular flexibility index (Phi) is 4.60. The Morgan fingerprint density at radius 1 is 1.29 bits per heavy atom. The monoisotopic (exact) mass is 238 g/mol. The van der Waals surface area contributed by atoms with E-state index in [1.165, 1.54) is 25.7 Å². The molecule has 0 spiro atoms. The molecule has 96 valence electrons. The standard InChI is InChI=1S/C14H22O3/c15-14(16)13-9-12(13)5-3-1-2-4-8-17-10-11-6-7-11/h9,11,13H,1-8,10H2,(H,15,16)/t13-/m1/s1. The molecule has 3 nitrogen and oxygen atoms in total. The average Bonchev–Trinajstić information content (AvgIpc) is 3.14. The van der Waals surface area contributed by atoms with E-state index >= 15 is 0 Å². The first-order valence-corrected chi connectivity index (χ1v) is 6.78. The van der Waals surface area contributed by atoms with Gasteiger partial charge in [0.15, 0.2) is 0 Å². The van der Waals surface area contributed by atoms with Crippen molar-refractivity contribution >= 4 is 5.97 Å². The maximum atomic E-state index is 10.6. The van der Waals surface area contributed by atoms with E-state index in [9.17, 15) is 4.79 Å². The molecule has 0 bridgehead atoms. The molecule has 0 amide bonds. The molecule has 17 heavy (non-hydrogen) atoms. The second-order valence-corrected chi connectivity index (χ2v) is 5.24. The Bertz CT molecular complexity index is 292. The maximum Gasteiger partial charge on any atom is 0.314 e. The first-order valence-electron chi connectivity index (χ1n) is 6.78. The number of carboxylic acids is 1. The van der Waals surface area contributed by atoms with Crippen molar-refractivity contribution in [3.05, 3.63) is 11.6 Å². The molecule has 0 aromatic heterocycles. The molecule has 0 aromatic rings. The van der Waals surface area contributed by atoms with E-state index in [2.05, 4.69) is 0 Å². The van der Waals surface area contributed by atoms with Gasteiger partial charge in [0.05, 0.1) is 5.92 Å². The number of hydrogen-bond donors (Lipinski definition) is 1. The van der Waals surface area contributed by atoms with Gasteiger partial charge in [0.1, 0.15) is 0 Å². The van der Waals surface area contributed by atoms with Crippen LogP contribution < -0.4 is 0 Å². The second kappa shape index (κ2) is 6.20. The van der Waals surface area contributed by atoms with Gasteiger partial charge in [-0.3, -0.25) is 4.79 Å². The van der Waals surface area contributed by atoms with Crippen molar-refractivity contribution < 1.29 is 14.6 Å². The number of hydrogen-bond acceptors (Lipinski definition) is 2. The number of unbranched alkanes of at least 4 members (excludes halogenated alkanes) is 3. The van der Waals surface area contributed by atoms with Gasteiger partial charge in [0.2, 0.25) is 0 Å². The highest BCUT2D eigenvalue weighted by atomic mass is 16.5. The lowest BCUT2D eigenvalue weighted by Gasteiger charge is -2.02. The molecule has 2 aliphatic rings. The maximum absolute atomic E-state index is 10.6. The predicted molar refractivity (Wildman–Crippen MR) is 65.8 cm³/mol. The lowest BCUT2D eigenvalue weighted by molar-refractivity contribution is -0.137. The van der Waals surface area contributed by atoms with Crippen LogP contribution in [0.25, 0.3) is 0 Å². The van der Waals surface area contributed by atoms with E-state index in [0.29, 0.717) is 0 Å². The average molecular weight is 238 g/mol. The number of carboxylic acid groups (broad SMARTS) is 1. The lowest BCUT2D eigenvalue weighted by atomic mass is 10.1. The van der Waals surface area contributed by atoms with Gasteiger partial charge < -0.3 is 9.84 Å². The minimum atomic E-state index is -0.687. The van der Waals surface area contributed by atoms with Crippen LogP contribution in [0.1, 0.15) is 44.9 Å². The summed E-state index contributed by atoms with van der Waals surface area (Å²) in [7, 11) is 0. The normalized spacial score (nSPS) is 22.4. The molecular weight excluding hydrogens is 216 g/mol. The lowest BCUT2D eigenvalue weighted by Crippen LogP contribution is -2.00. The first kappa shape index (κ1) is 12.6. The Labute approximate surface area is 103 Å². The van der Waals surface area contributed by atoms with Crippen LogP contribution in [0.5, 0.6) is 0 Å².